The first kappa shape index (κ1) is 21.3. The Morgan fingerprint density at radius 3 is 2.54 bits per heavy atom. The fraction of sp³-hybridized carbons (Fsp3) is 0.667. The van der Waals surface area contributed by atoms with Crippen molar-refractivity contribution in [1.29, 1.82) is 0 Å². The average molecular weight is 386 g/mol. The number of amides is 1. The summed E-state index contributed by atoms with van der Waals surface area (Å²) < 4.78 is 0. The van der Waals surface area contributed by atoms with Crippen LogP contribution in [-0.4, -0.2) is 34.2 Å². The molecule has 5 atom stereocenters. The van der Waals surface area contributed by atoms with Gasteiger partial charge in [-0.2, -0.15) is 0 Å². The molecule has 2 fully saturated rings. The molecule has 28 heavy (non-hydrogen) atoms. The summed E-state index contributed by atoms with van der Waals surface area (Å²) in [4.78, 5) is 12.8. The molecule has 3 rings (SSSR count). The zero-order valence-corrected chi connectivity index (χ0v) is 17.9. The number of hydrogen-bond donors (Lipinski definition) is 3. The number of rotatable bonds is 5. The minimum Gasteiger partial charge on any atom is -0.389 e. The third-order valence-electron chi connectivity index (χ3n) is 6.12. The smallest absolute Gasteiger partial charge is 0.237 e. The highest BCUT2D eigenvalue weighted by Gasteiger charge is 2.43. The lowest BCUT2D eigenvalue weighted by molar-refractivity contribution is -0.126. The number of nitrogens with one attached hydrogen (secondary N) is 2. The molecule has 1 saturated carbocycles. The van der Waals surface area contributed by atoms with Crippen LogP contribution in [0, 0.1) is 18.3 Å². The molecule has 155 valence electrons. The van der Waals surface area contributed by atoms with E-state index >= 15 is 0 Å². The first-order valence-electron chi connectivity index (χ1n) is 10.8. The topological polar surface area (TPSA) is 61.4 Å². The van der Waals surface area contributed by atoms with Gasteiger partial charge in [0.2, 0.25) is 5.91 Å². The van der Waals surface area contributed by atoms with E-state index < -0.39 is 5.60 Å². The van der Waals surface area contributed by atoms with Crippen LogP contribution in [-0.2, 0) is 11.2 Å². The van der Waals surface area contributed by atoms with Crippen LogP contribution in [0.25, 0.3) is 0 Å². The van der Waals surface area contributed by atoms with Crippen molar-refractivity contribution in [3.63, 3.8) is 0 Å². The van der Waals surface area contributed by atoms with Gasteiger partial charge in [0.15, 0.2) is 0 Å². The Balaban J connectivity index is 1.71. The van der Waals surface area contributed by atoms with Crippen molar-refractivity contribution in [2.24, 2.45) is 11.8 Å². The maximum Gasteiger partial charge on any atom is 0.237 e. The molecule has 1 aromatic rings. The predicted octanol–water partition coefficient (Wildman–Crippen LogP) is 3.64. The summed E-state index contributed by atoms with van der Waals surface area (Å²) in [5.41, 5.74) is -0.0226. The Morgan fingerprint density at radius 2 is 1.86 bits per heavy atom. The van der Waals surface area contributed by atoms with Crippen LogP contribution >= 0.6 is 0 Å². The minimum absolute atomic E-state index is 0.0634. The average Bonchev–Trinajstić information content (AvgIpc) is 2.60. The zero-order chi connectivity index (χ0) is 20.4. The maximum atomic E-state index is 12.8. The summed E-state index contributed by atoms with van der Waals surface area (Å²) in [7, 11) is 0. The summed E-state index contributed by atoms with van der Waals surface area (Å²) in [6, 6.07) is 10.00. The molecule has 4 unspecified atom stereocenters. The van der Waals surface area contributed by atoms with Gasteiger partial charge < -0.3 is 15.7 Å². The number of piperidine rings is 1. The SMILES string of the molecule is CC(O)([CH]C1N[C@H](C(=O)NC(C)(C)C)CC2CCCCC21)Cc1ccccc1. The molecule has 2 aliphatic rings. The minimum atomic E-state index is -0.913. The number of fused-ring (bicyclic) bond motifs is 1. The van der Waals surface area contributed by atoms with E-state index in [1.54, 1.807) is 0 Å². The standard InChI is InChI=1S/C24H37N2O2/c1-23(2,3)26-22(27)20-14-18-12-8-9-13-19(18)21(25-20)16-24(4,28)15-17-10-6-5-7-11-17/h5-7,10-11,16,18-21,25,28H,8-9,12-15H2,1-4H3,(H,26,27)/t18?,19?,20-,21?,24?/m0/s1. The van der Waals surface area contributed by atoms with Crippen molar-refractivity contribution in [2.45, 2.75) is 89.4 Å². The third kappa shape index (κ3) is 5.81. The first-order chi connectivity index (χ1) is 13.1. The maximum absolute atomic E-state index is 12.8. The molecule has 4 nitrogen and oxygen atoms in total. The van der Waals surface area contributed by atoms with E-state index in [-0.39, 0.29) is 23.5 Å². The molecule has 0 bridgehead atoms. The number of hydrogen-bond acceptors (Lipinski definition) is 3. The van der Waals surface area contributed by atoms with Crippen LogP contribution in [0.4, 0.5) is 0 Å². The Morgan fingerprint density at radius 1 is 1.18 bits per heavy atom. The van der Waals surface area contributed by atoms with Gasteiger partial charge in [-0.15, -0.1) is 0 Å². The van der Waals surface area contributed by atoms with Crippen molar-refractivity contribution in [1.82, 2.24) is 10.6 Å². The molecule has 1 aliphatic heterocycles. The Bertz CT molecular complexity index is 650. The van der Waals surface area contributed by atoms with E-state index in [0.717, 1.165) is 12.0 Å². The van der Waals surface area contributed by atoms with Crippen molar-refractivity contribution in [3.8, 4) is 0 Å². The van der Waals surface area contributed by atoms with Gasteiger partial charge in [0.1, 0.15) is 0 Å². The van der Waals surface area contributed by atoms with E-state index in [2.05, 4.69) is 29.2 Å². The predicted molar refractivity (Wildman–Crippen MR) is 114 cm³/mol. The van der Waals surface area contributed by atoms with E-state index in [9.17, 15) is 9.90 Å². The molecule has 1 saturated heterocycles. The molecule has 1 amide bonds. The summed E-state index contributed by atoms with van der Waals surface area (Å²) in [5, 5.41) is 17.8. The van der Waals surface area contributed by atoms with Crippen LogP contribution < -0.4 is 10.6 Å². The molecular weight excluding hydrogens is 348 g/mol. The van der Waals surface area contributed by atoms with Crippen LogP contribution in [0.5, 0.6) is 0 Å². The summed E-state index contributed by atoms with van der Waals surface area (Å²) in [5.74, 6) is 1.15. The number of carbonyl (C=O) groups excluding carboxylic acids is 1. The number of aliphatic hydroxyl groups is 1. The molecule has 1 radical (unpaired) electrons. The second-order valence-electron chi connectivity index (χ2n) is 10.1. The highest BCUT2D eigenvalue weighted by molar-refractivity contribution is 5.82. The van der Waals surface area contributed by atoms with Crippen LogP contribution in [0.1, 0.15) is 65.4 Å². The molecule has 1 aromatic carbocycles. The molecule has 1 aliphatic carbocycles. The normalized spacial score (nSPS) is 30.2. The van der Waals surface area contributed by atoms with Crippen LogP contribution in [0.3, 0.4) is 0 Å². The zero-order valence-electron chi connectivity index (χ0n) is 17.9. The van der Waals surface area contributed by atoms with Crippen molar-refractivity contribution >= 4 is 5.91 Å². The Hall–Kier alpha value is -1.39. The molecule has 0 spiro atoms. The summed E-state index contributed by atoms with van der Waals surface area (Å²) in [6.45, 7) is 7.94. The monoisotopic (exact) mass is 385 g/mol. The van der Waals surface area contributed by atoms with Gasteiger partial charge in [0, 0.05) is 24.4 Å². The lowest BCUT2D eigenvalue weighted by atomic mass is 9.67. The number of benzene rings is 1. The highest BCUT2D eigenvalue weighted by Crippen LogP contribution is 2.40. The second kappa shape index (κ2) is 8.54. The van der Waals surface area contributed by atoms with Gasteiger partial charge in [-0.05, 0) is 57.9 Å². The van der Waals surface area contributed by atoms with E-state index in [1.807, 2.05) is 45.9 Å². The van der Waals surface area contributed by atoms with Gasteiger partial charge in [0.05, 0.1) is 11.6 Å². The van der Waals surface area contributed by atoms with Gasteiger partial charge in [-0.1, -0.05) is 49.6 Å². The fourth-order valence-electron chi connectivity index (χ4n) is 4.99. The van der Waals surface area contributed by atoms with Crippen molar-refractivity contribution < 1.29 is 9.90 Å². The number of carbonyl (C=O) groups is 1. The Kier molecular flexibility index (Phi) is 6.51. The van der Waals surface area contributed by atoms with Crippen LogP contribution in [0.2, 0.25) is 0 Å². The molecule has 1 heterocycles. The van der Waals surface area contributed by atoms with Gasteiger partial charge in [0.25, 0.3) is 0 Å². The van der Waals surface area contributed by atoms with Crippen molar-refractivity contribution in [2.75, 3.05) is 0 Å². The Labute approximate surface area is 170 Å². The van der Waals surface area contributed by atoms with Gasteiger partial charge in [-0.3, -0.25) is 4.79 Å². The highest BCUT2D eigenvalue weighted by atomic mass is 16.3. The van der Waals surface area contributed by atoms with E-state index in [0.29, 0.717) is 18.3 Å². The lowest BCUT2D eigenvalue weighted by Crippen LogP contribution is -2.61. The summed E-state index contributed by atoms with van der Waals surface area (Å²) >= 11 is 0. The van der Waals surface area contributed by atoms with E-state index in [4.69, 9.17) is 0 Å². The lowest BCUT2D eigenvalue weighted by Gasteiger charge is -2.47. The second-order valence-corrected chi connectivity index (χ2v) is 10.1. The fourth-order valence-corrected chi connectivity index (χ4v) is 4.99. The summed E-state index contributed by atoms with van der Waals surface area (Å²) in [6.07, 6.45) is 8.42. The first-order valence-corrected chi connectivity index (χ1v) is 10.8. The van der Waals surface area contributed by atoms with Crippen LogP contribution in [0.15, 0.2) is 30.3 Å². The molecular formula is C24H37N2O2. The molecule has 3 N–H and O–H groups in total. The van der Waals surface area contributed by atoms with Gasteiger partial charge >= 0.3 is 0 Å². The molecule has 0 aromatic heterocycles. The molecule has 4 heteroatoms. The largest absolute Gasteiger partial charge is 0.389 e. The quantitative estimate of drug-likeness (QED) is 0.725. The van der Waals surface area contributed by atoms with E-state index in [1.165, 1.54) is 25.7 Å². The third-order valence-corrected chi connectivity index (χ3v) is 6.12. The van der Waals surface area contributed by atoms with Crippen molar-refractivity contribution in [3.05, 3.63) is 42.3 Å². The van der Waals surface area contributed by atoms with Gasteiger partial charge in [-0.25, -0.2) is 0 Å².